The first kappa shape index (κ1) is 20.2. The van der Waals surface area contributed by atoms with Gasteiger partial charge in [0, 0.05) is 39.1 Å². The third-order valence-electron chi connectivity index (χ3n) is 4.29. The first-order valence-corrected chi connectivity index (χ1v) is 10.3. The summed E-state index contributed by atoms with van der Waals surface area (Å²) >= 11 is 0. The molecule has 1 aliphatic rings. The summed E-state index contributed by atoms with van der Waals surface area (Å²) in [5.41, 5.74) is 5.73. The lowest BCUT2D eigenvalue weighted by atomic mass is 10.2. The van der Waals surface area contributed by atoms with Gasteiger partial charge >= 0.3 is 6.03 Å². The molecule has 1 aromatic carbocycles. The van der Waals surface area contributed by atoms with Gasteiger partial charge in [0.05, 0.1) is 5.75 Å². The number of benzene rings is 1. The number of nitrogens with two attached hydrogens (primary N) is 1. The summed E-state index contributed by atoms with van der Waals surface area (Å²) in [5.74, 6) is -0.00144. The molecule has 26 heavy (non-hydrogen) atoms. The highest BCUT2D eigenvalue weighted by molar-refractivity contribution is 7.88. The minimum atomic E-state index is -3.37. The Morgan fingerprint density at radius 3 is 2.31 bits per heavy atom. The van der Waals surface area contributed by atoms with Crippen LogP contribution < -0.4 is 11.1 Å². The first-order valence-electron chi connectivity index (χ1n) is 8.71. The van der Waals surface area contributed by atoms with Gasteiger partial charge in [-0.3, -0.25) is 4.79 Å². The van der Waals surface area contributed by atoms with E-state index in [9.17, 15) is 18.0 Å². The Labute approximate surface area is 154 Å². The van der Waals surface area contributed by atoms with Crippen molar-refractivity contribution in [2.24, 2.45) is 5.73 Å². The number of carbonyl (C=O) groups excluding carboxylic acids is 2. The molecule has 9 heteroatoms. The second kappa shape index (κ2) is 9.54. The van der Waals surface area contributed by atoms with Gasteiger partial charge < -0.3 is 16.0 Å². The highest BCUT2D eigenvalue weighted by Gasteiger charge is 2.28. The van der Waals surface area contributed by atoms with E-state index in [-0.39, 0.29) is 11.7 Å². The molecule has 1 fully saturated rings. The largest absolute Gasteiger partial charge is 0.352 e. The van der Waals surface area contributed by atoms with E-state index in [0.29, 0.717) is 52.0 Å². The van der Waals surface area contributed by atoms with Crippen molar-refractivity contribution in [2.75, 3.05) is 32.7 Å². The van der Waals surface area contributed by atoms with Crippen LogP contribution in [-0.2, 0) is 20.6 Å². The van der Waals surface area contributed by atoms with E-state index < -0.39 is 16.1 Å². The van der Waals surface area contributed by atoms with Gasteiger partial charge in [-0.15, -0.1) is 0 Å². The van der Waals surface area contributed by atoms with E-state index >= 15 is 0 Å². The average Bonchev–Trinajstić information content (AvgIpc) is 2.61. The van der Waals surface area contributed by atoms with Crippen molar-refractivity contribution in [1.82, 2.24) is 14.5 Å². The Balaban J connectivity index is 1.74. The highest BCUT2D eigenvalue weighted by atomic mass is 32.2. The molecule has 0 radical (unpaired) electrons. The van der Waals surface area contributed by atoms with Crippen molar-refractivity contribution in [3.63, 3.8) is 0 Å². The Morgan fingerprint density at radius 1 is 1.04 bits per heavy atom. The number of unbranched alkanes of at least 4 members (excludes halogenated alkanes) is 1. The fourth-order valence-electron chi connectivity index (χ4n) is 2.86. The zero-order valence-electron chi connectivity index (χ0n) is 14.8. The number of hydrogen-bond donors (Lipinski definition) is 2. The average molecular weight is 382 g/mol. The normalized spacial score (nSPS) is 15.6. The third kappa shape index (κ3) is 6.30. The highest BCUT2D eigenvalue weighted by Crippen LogP contribution is 2.14. The number of sulfonamides is 1. The van der Waals surface area contributed by atoms with Gasteiger partial charge in [0.15, 0.2) is 0 Å². The SMILES string of the molecule is NC(=O)NCCCCC(=O)N1CCN(S(=O)(=O)Cc2ccccc2)CC1. The smallest absolute Gasteiger partial charge is 0.312 e. The summed E-state index contributed by atoms with van der Waals surface area (Å²) in [4.78, 5) is 24.4. The number of piperazine rings is 1. The van der Waals surface area contributed by atoms with Gasteiger partial charge in [-0.25, -0.2) is 13.2 Å². The summed E-state index contributed by atoms with van der Waals surface area (Å²) in [6, 6.07) is 8.52. The molecule has 1 aliphatic heterocycles. The van der Waals surface area contributed by atoms with Crippen LogP contribution in [-0.4, -0.2) is 62.3 Å². The van der Waals surface area contributed by atoms with Crippen LogP contribution in [0, 0.1) is 0 Å². The number of nitrogens with one attached hydrogen (secondary N) is 1. The van der Waals surface area contributed by atoms with Crippen molar-refractivity contribution >= 4 is 22.0 Å². The zero-order chi connectivity index (χ0) is 19.0. The van der Waals surface area contributed by atoms with Gasteiger partial charge in [0.1, 0.15) is 0 Å². The van der Waals surface area contributed by atoms with Crippen LogP contribution in [0.3, 0.4) is 0 Å². The number of amides is 3. The van der Waals surface area contributed by atoms with Gasteiger partial charge in [-0.2, -0.15) is 4.31 Å². The molecule has 1 aromatic rings. The van der Waals surface area contributed by atoms with E-state index in [1.54, 1.807) is 17.0 Å². The number of nitrogens with zero attached hydrogens (tertiary/aromatic N) is 2. The van der Waals surface area contributed by atoms with E-state index in [2.05, 4.69) is 5.32 Å². The third-order valence-corrected chi connectivity index (χ3v) is 6.14. The van der Waals surface area contributed by atoms with E-state index in [0.717, 1.165) is 5.56 Å². The Hall–Kier alpha value is -2.13. The fourth-order valence-corrected chi connectivity index (χ4v) is 4.38. The lowest BCUT2D eigenvalue weighted by Gasteiger charge is -2.34. The van der Waals surface area contributed by atoms with Gasteiger partial charge in [0.25, 0.3) is 0 Å². The van der Waals surface area contributed by atoms with Crippen LogP contribution in [0.4, 0.5) is 4.79 Å². The zero-order valence-corrected chi connectivity index (χ0v) is 15.6. The molecule has 1 saturated heterocycles. The molecule has 0 bridgehead atoms. The fraction of sp³-hybridized carbons (Fsp3) is 0.529. The minimum absolute atomic E-state index is 0.0178. The number of rotatable bonds is 8. The molecule has 144 valence electrons. The molecule has 2 rings (SSSR count). The molecule has 0 aliphatic carbocycles. The standard InChI is InChI=1S/C17H26N4O4S/c18-17(23)19-9-5-4-8-16(22)20-10-12-21(13-11-20)26(24,25)14-15-6-2-1-3-7-15/h1-3,6-7H,4-5,8-14H2,(H3,18,19,23). The molecule has 0 atom stereocenters. The van der Waals surface area contributed by atoms with Crippen LogP contribution in [0.1, 0.15) is 24.8 Å². The molecule has 0 aromatic heterocycles. The maximum Gasteiger partial charge on any atom is 0.312 e. The van der Waals surface area contributed by atoms with Crippen molar-refractivity contribution in [3.8, 4) is 0 Å². The lowest BCUT2D eigenvalue weighted by Crippen LogP contribution is -2.50. The number of urea groups is 1. The quantitative estimate of drug-likeness (QED) is 0.637. The van der Waals surface area contributed by atoms with Crippen LogP contribution in [0.25, 0.3) is 0 Å². The van der Waals surface area contributed by atoms with Crippen LogP contribution in [0.5, 0.6) is 0 Å². The molecule has 1 heterocycles. The predicted octanol–water partition coefficient (Wildman–Crippen LogP) is 0.499. The Bertz CT molecular complexity index is 701. The molecular weight excluding hydrogens is 356 g/mol. The summed E-state index contributed by atoms with van der Waals surface area (Å²) in [5, 5.41) is 2.48. The van der Waals surface area contributed by atoms with Crippen LogP contribution in [0.15, 0.2) is 30.3 Å². The molecule has 0 unspecified atom stereocenters. The summed E-state index contributed by atoms with van der Waals surface area (Å²) < 4.78 is 26.5. The van der Waals surface area contributed by atoms with Gasteiger partial charge in [-0.1, -0.05) is 30.3 Å². The molecule has 0 spiro atoms. The topological polar surface area (TPSA) is 113 Å². The molecule has 3 N–H and O–H groups in total. The van der Waals surface area contributed by atoms with E-state index in [1.165, 1.54) is 4.31 Å². The first-order chi connectivity index (χ1) is 12.4. The summed E-state index contributed by atoms with van der Waals surface area (Å²) in [6.45, 7) is 1.92. The van der Waals surface area contributed by atoms with Crippen molar-refractivity contribution < 1.29 is 18.0 Å². The second-order valence-electron chi connectivity index (χ2n) is 6.27. The predicted molar refractivity (Wildman–Crippen MR) is 98.7 cm³/mol. The van der Waals surface area contributed by atoms with Gasteiger partial charge in [0.2, 0.25) is 15.9 Å². The Kier molecular flexibility index (Phi) is 7.40. The lowest BCUT2D eigenvalue weighted by molar-refractivity contribution is -0.132. The van der Waals surface area contributed by atoms with Crippen LogP contribution in [0.2, 0.25) is 0 Å². The maximum atomic E-state index is 12.5. The Morgan fingerprint density at radius 2 is 1.69 bits per heavy atom. The van der Waals surface area contributed by atoms with Gasteiger partial charge in [-0.05, 0) is 18.4 Å². The van der Waals surface area contributed by atoms with Crippen molar-refractivity contribution in [3.05, 3.63) is 35.9 Å². The van der Waals surface area contributed by atoms with Crippen molar-refractivity contribution in [2.45, 2.75) is 25.0 Å². The molecular formula is C17H26N4O4S. The molecule has 0 saturated carbocycles. The monoisotopic (exact) mass is 382 g/mol. The number of hydrogen-bond acceptors (Lipinski definition) is 4. The summed E-state index contributed by atoms with van der Waals surface area (Å²) in [7, 11) is -3.37. The number of primary amides is 1. The minimum Gasteiger partial charge on any atom is -0.352 e. The molecule has 3 amide bonds. The molecule has 8 nitrogen and oxygen atoms in total. The van der Waals surface area contributed by atoms with E-state index in [1.807, 2.05) is 18.2 Å². The van der Waals surface area contributed by atoms with Crippen molar-refractivity contribution in [1.29, 1.82) is 0 Å². The summed E-state index contributed by atoms with van der Waals surface area (Å²) in [6.07, 6.45) is 1.73. The maximum absolute atomic E-state index is 12.5. The number of carbonyl (C=O) groups is 2. The second-order valence-corrected chi connectivity index (χ2v) is 8.24. The van der Waals surface area contributed by atoms with Crippen LogP contribution >= 0.6 is 0 Å². The van der Waals surface area contributed by atoms with E-state index in [4.69, 9.17) is 5.73 Å².